The van der Waals surface area contributed by atoms with E-state index in [0.29, 0.717) is 19.3 Å². The standard InChI is InChI=1S/C7H9NO5/c9-6(10)4-2-1-3-5(8-4)7(11)13-12/h5,12H,1-3H2,(H,9,10). The number of nitrogens with zero attached hydrogens (tertiary/aromatic N) is 1. The monoisotopic (exact) mass is 187 g/mol. The van der Waals surface area contributed by atoms with Crippen molar-refractivity contribution in [3.63, 3.8) is 0 Å². The smallest absolute Gasteiger partial charge is 0.366 e. The van der Waals surface area contributed by atoms with Crippen LogP contribution in [0.4, 0.5) is 0 Å². The SMILES string of the molecule is O=C(O)C1=NC(C(=O)OO)CCC1. The Morgan fingerprint density at radius 2 is 2.23 bits per heavy atom. The zero-order chi connectivity index (χ0) is 9.84. The van der Waals surface area contributed by atoms with Crippen LogP contribution in [0.3, 0.4) is 0 Å². The summed E-state index contributed by atoms with van der Waals surface area (Å²) in [6.07, 6.45) is 1.33. The zero-order valence-electron chi connectivity index (χ0n) is 6.77. The summed E-state index contributed by atoms with van der Waals surface area (Å²) in [5.41, 5.74) is -0.0401. The Morgan fingerprint density at radius 1 is 1.54 bits per heavy atom. The van der Waals surface area contributed by atoms with Gasteiger partial charge in [0.25, 0.3) is 0 Å². The molecule has 0 amide bonds. The first-order valence-corrected chi connectivity index (χ1v) is 3.80. The average molecular weight is 187 g/mol. The predicted molar refractivity (Wildman–Crippen MR) is 41.4 cm³/mol. The number of carboxylic acid groups (broad SMARTS) is 1. The van der Waals surface area contributed by atoms with Crippen molar-refractivity contribution in [2.24, 2.45) is 4.99 Å². The molecule has 13 heavy (non-hydrogen) atoms. The lowest BCUT2D eigenvalue weighted by atomic mass is 10.0. The third-order valence-corrected chi connectivity index (χ3v) is 1.81. The molecule has 0 aromatic carbocycles. The largest absolute Gasteiger partial charge is 0.477 e. The normalized spacial score (nSPS) is 21.9. The van der Waals surface area contributed by atoms with Crippen molar-refractivity contribution in [3.8, 4) is 0 Å². The highest BCUT2D eigenvalue weighted by Crippen LogP contribution is 2.14. The van der Waals surface area contributed by atoms with Gasteiger partial charge in [-0.05, 0) is 19.3 Å². The van der Waals surface area contributed by atoms with Crippen LogP contribution in [0.1, 0.15) is 19.3 Å². The molecule has 6 nitrogen and oxygen atoms in total. The number of hydrogen-bond donors (Lipinski definition) is 2. The minimum absolute atomic E-state index is 0.0401. The first kappa shape index (κ1) is 9.66. The van der Waals surface area contributed by atoms with Gasteiger partial charge in [0.05, 0.1) is 0 Å². The van der Waals surface area contributed by atoms with Gasteiger partial charge >= 0.3 is 11.9 Å². The first-order valence-electron chi connectivity index (χ1n) is 3.80. The Morgan fingerprint density at radius 3 is 2.77 bits per heavy atom. The number of carbonyl (C=O) groups excluding carboxylic acids is 1. The molecule has 0 saturated heterocycles. The summed E-state index contributed by atoms with van der Waals surface area (Å²) < 4.78 is 0. The molecule has 1 unspecified atom stereocenters. The highest BCUT2D eigenvalue weighted by Gasteiger charge is 2.26. The molecule has 1 aliphatic heterocycles. The molecule has 0 fully saturated rings. The van der Waals surface area contributed by atoms with Crippen LogP contribution in [0, 0.1) is 0 Å². The molecule has 72 valence electrons. The predicted octanol–water partition coefficient (Wildman–Crippen LogP) is 0.0807. The third kappa shape index (κ3) is 2.25. The Labute approximate surface area is 73.8 Å². The summed E-state index contributed by atoms with van der Waals surface area (Å²) >= 11 is 0. The van der Waals surface area contributed by atoms with E-state index in [1.807, 2.05) is 0 Å². The molecule has 0 spiro atoms. The van der Waals surface area contributed by atoms with Crippen LogP contribution >= 0.6 is 0 Å². The van der Waals surface area contributed by atoms with Crippen LogP contribution in [0.25, 0.3) is 0 Å². The number of carbonyl (C=O) groups is 2. The second-order valence-corrected chi connectivity index (χ2v) is 2.70. The van der Waals surface area contributed by atoms with Crippen molar-refractivity contribution >= 4 is 17.7 Å². The van der Waals surface area contributed by atoms with Crippen LogP contribution in [0.5, 0.6) is 0 Å². The van der Waals surface area contributed by atoms with E-state index in [1.54, 1.807) is 0 Å². The molecule has 1 heterocycles. The summed E-state index contributed by atoms with van der Waals surface area (Å²) in [5.74, 6) is -2.03. The van der Waals surface area contributed by atoms with Crippen molar-refractivity contribution in [3.05, 3.63) is 0 Å². The lowest BCUT2D eigenvalue weighted by molar-refractivity contribution is -0.235. The van der Waals surface area contributed by atoms with Crippen LogP contribution in [0.15, 0.2) is 4.99 Å². The molecule has 0 saturated carbocycles. The molecule has 0 bridgehead atoms. The van der Waals surface area contributed by atoms with E-state index in [2.05, 4.69) is 9.88 Å². The molecule has 0 aliphatic carbocycles. The first-order chi connectivity index (χ1) is 6.15. The summed E-state index contributed by atoms with van der Waals surface area (Å²) in [6, 6.07) is -0.871. The number of aliphatic carboxylic acids is 1. The van der Waals surface area contributed by atoms with Gasteiger partial charge < -0.3 is 5.11 Å². The van der Waals surface area contributed by atoms with E-state index >= 15 is 0 Å². The number of carboxylic acids is 1. The average Bonchev–Trinajstić information content (AvgIpc) is 2.17. The second-order valence-electron chi connectivity index (χ2n) is 2.70. The second kappa shape index (κ2) is 3.99. The maximum absolute atomic E-state index is 10.8. The Hall–Kier alpha value is -1.43. The molecule has 1 atom stereocenters. The van der Waals surface area contributed by atoms with E-state index in [4.69, 9.17) is 10.4 Å². The topological polar surface area (TPSA) is 96.2 Å². The molecule has 0 aromatic rings. The van der Waals surface area contributed by atoms with Crippen LogP contribution < -0.4 is 0 Å². The minimum atomic E-state index is -1.13. The number of rotatable bonds is 2. The van der Waals surface area contributed by atoms with Crippen molar-refractivity contribution in [1.82, 2.24) is 0 Å². The molecule has 1 aliphatic rings. The molecule has 6 heteroatoms. The van der Waals surface area contributed by atoms with Crippen molar-refractivity contribution in [2.75, 3.05) is 0 Å². The van der Waals surface area contributed by atoms with Gasteiger partial charge in [0.15, 0.2) is 6.04 Å². The third-order valence-electron chi connectivity index (χ3n) is 1.81. The Kier molecular flexibility index (Phi) is 2.97. The molecule has 0 radical (unpaired) electrons. The minimum Gasteiger partial charge on any atom is -0.477 e. The van der Waals surface area contributed by atoms with Crippen LogP contribution in [0.2, 0.25) is 0 Å². The van der Waals surface area contributed by atoms with E-state index in [-0.39, 0.29) is 5.71 Å². The van der Waals surface area contributed by atoms with Gasteiger partial charge in [-0.3, -0.25) is 9.88 Å². The Balaban J connectivity index is 2.73. The van der Waals surface area contributed by atoms with Crippen LogP contribution in [-0.2, 0) is 14.5 Å². The quantitative estimate of drug-likeness (QED) is 0.471. The van der Waals surface area contributed by atoms with Gasteiger partial charge in [0.2, 0.25) is 0 Å². The zero-order valence-corrected chi connectivity index (χ0v) is 6.77. The highest BCUT2D eigenvalue weighted by molar-refractivity contribution is 6.36. The van der Waals surface area contributed by atoms with E-state index in [0.717, 1.165) is 0 Å². The molecule has 1 rings (SSSR count). The maximum atomic E-state index is 10.8. The van der Waals surface area contributed by atoms with Gasteiger partial charge in [-0.2, -0.15) is 5.26 Å². The lowest BCUT2D eigenvalue weighted by Gasteiger charge is -2.14. The maximum Gasteiger partial charge on any atom is 0.366 e. The van der Waals surface area contributed by atoms with Crippen molar-refractivity contribution in [2.45, 2.75) is 25.3 Å². The van der Waals surface area contributed by atoms with Crippen LogP contribution in [-0.4, -0.2) is 34.1 Å². The van der Waals surface area contributed by atoms with Gasteiger partial charge in [-0.1, -0.05) is 0 Å². The summed E-state index contributed by atoms with van der Waals surface area (Å²) in [5, 5.41) is 16.6. The Bertz CT molecular complexity index is 260. The van der Waals surface area contributed by atoms with Gasteiger partial charge in [0.1, 0.15) is 5.71 Å². The molecular formula is C7H9NO5. The molecular weight excluding hydrogens is 178 g/mol. The summed E-state index contributed by atoms with van der Waals surface area (Å²) in [7, 11) is 0. The van der Waals surface area contributed by atoms with Crippen molar-refractivity contribution in [1.29, 1.82) is 0 Å². The van der Waals surface area contributed by atoms with Gasteiger partial charge in [-0.15, -0.1) is 0 Å². The summed E-state index contributed by atoms with van der Waals surface area (Å²) in [6.45, 7) is 0. The van der Waals surface area contributed by atoms with E-state index in [9.17, 15) is 9.59 Å². The lowest BCUT2D eigenvalue weighted by Crippen LogP contribution is -2.28. The number of aliphatic imine (C=N–C) groups is 1. The highest BCUT2D eigenvalue weighted by atomic mass is 17.1. The fraction of sp³-hybridized carbons (Fsp3) is 0.571. The molecule has 0 aromatic heterocycles. The molecule has 2 N–H and O–H groups in total. The fourth-order valence-electron chi connectivity index (χ4n) is 1.17. The van der Waals surface area contributed by atoms with Gasteiger partial charge in [0, 0.05) is 0 Å². The van der Waals surface area contributed by atoms with E-state index in [1.165, 1.54) is 0 Å². The van der Waals surface area contributed by atoms with E-state index < -0.39 is 18.0 Å². The van der Waals surface area contributed by atoms with Crippen molar-refractivity contribution < 1.29 is 24.8 Å². The number of hydrogen-bond acceptors (Lipinski definition) is 5. The fourth-order valence-corrected chi connectivity index (χ4v) is 1.17. The van der Waals surface area contributed by atoms with Gasteiger partial charge in [-0.25, -0.2) is 9.59 Å². The summed E-state index contributed by atoms with van der Waals surface area (Å²) in [4.78, 5) is 28.3.